The number of methoxy groups -OCH3 is 2. The van der Waals surface area contributed by atoms with Gasteiger partial charge in [-0.1, -0.05) is 24.3 Å². The lowest BCUT2D eigenvalue weighted by Gasteiger charge is -2.57. The molecule has 0 atom stereocenters. The zero-order valence-electron chi connectivity index (χ0n) is 18.6. The summed E-state index contributed by atoms with van der Waals surface area (Å²) in [5.74, 6) is 4.32. The Bertz CT molecular complexity index is 836. The van der Waals surface area contributed by atoms with Gasteiger partial charge in [-0.05, 0) is 91.7 Å². The van der Waals surface area contributed by atoms with Gasteiger partial charge < -0.3 is 14.8 Å². The Hall–Kier alpha value is -2.49. The minimum absolute atomic E-state index is 0.00530. The average Bonchev–Trinajstić information content (AvgIpc) is 2.76. The van der Waals surface area contributed by atoms with E-state index in [1.165, 1.54) is 38.5 Å². The normalized spacial score (nSPS) is 28.5. The molecule has 0 heterocycles. The van der Waals surface area contributed by atoms with Crippen LogP contribution in [0.4, 0.5) is 0 Å². The van der Waals surface area contributed by atoms with E-state index >= 15 is 0 Å². The monoisotopic (exact) mass is 419 g/mol. The molecule has 0 spiro atoms. The molecule has 1 amide bonds. The summed E-state index contributed by atoms with van der Waals surface area (Å²) < 4.78 is 10.7. The van der Waals surface area contributed by atoms with Crippen molar-refractivity contribution in [1.29, 1.82) is 0 Å². The average molecular weight is 420 g/mol. The van der Waals surface area contributed by atoms with Gasteiger partial charge in [-0.3, -0.25) is 4.79 Å². The Morgan fingerprint density at radius 2 is 1.26 bits per heavy atom. The SMILES string of the molecule is COc1ccc(C(CC(=O)NC23CC4CC(CC(C4)C2)C3)c2ccc(OC)cc2)cc1. The predicted molar refractivity (Wildman–Crippen MR) is 121 cm³/mol. The number of nitrogens with one attached hydrogen (secondary N) is 1. The second-order valence-electron chi connectivity index (χ2n) is 10.0. The van der Waals surface area contributed by atoms with E-state index < -0.39 is 0 Å². The first kappa shape index (κ1) is 20.4. The number of rotatable bonds is 7. The third kappa shape index (κ3) is 4.17. The Kier molecular flexibility index (Phi) is 5.41. The number of hydrogen-bond acceptors (Lipinski definition) is 3. The lowest BCUT2D eigenvalue weighted by atomic mass is 9.53. The van der Waals surface area contributed by atoms with Crippen LogP contribution in [0.15, 0.2) is 48.5 Å². The molecule has 0 saturated heterocycles. The van der Waals surface area contributed by atoms with E-state index in [-0.39, 0.29) is 17.4 Å². The first-order valence-electron chi connectivity index (χ1n) is 11.6. The standard InChI is InChI=1S/C27H33NO3/c1-30-23-7-3-21(4-8-23)25(22-5-9-24(31-2)10-6-22)14-26(29)28-27-15-18-11-19(16-27)13-20(12-18)17-27/h3-10,18-20,25H,11-17H2,1-2H3,(H,28,29). The van der Waals surface area contributed by atoms with E-state index in [2.05, 4.69) is 29.6 Å². The fourth-order valence-electron chi connectivity index (χ4n) is 6.90. The van der Waals surface area contributed by atoms with Crippen molar-refractivity contribution in [2.45, 2.75) is 56.4 Å². The lowest BCUT2D eigenvalue weighted by Crippen LogP contribution is -2.59. The van der Waals surface area contributed by atoms with Gasteiger partial charge in [0.25, 0.3) is 0 Å². The maximum Gasteiger partial charge on any atom is 0.221 e. The van der Waals surface area contributed by atoms with E-state index in [0.717, 1.165) is 40.4 Å². The Balaban J connectivity index is 1.36. The van der Waals surface area contributed by atoms with Crippen LogP contribution < -0.4 is 14.8 Å². The van der Waals surface area contributed by atoms with Crippen LogP contribution in [0.3, 0.4) is 0 Å². The summed E-state index contributed by atoms with van der Waals surface area (Å²) in [5.41, 5.74) is 2.31. The highest BCUT2D eigenvalue weighted by Crippen LogP contribution is 2.55. The van der Waals surface area contributed by atoms with Gasteiger partial charge in [0.15, 0.2) is 0 Å². The van der Waals surface area contributed by atoms with Crippen LogP contribution in [0.1, 0.15) is 62.0 Å². The third-order valence-corrected chi connectivity index (χ3v) is 7.87. The topological polar surface area (TPSA) is 47.6 Å². The molecule has 2 aromatic rings. The van der Waals surface area contributed by atoms with Crippen LogP contribution in [0.2, 0.25) is 0 Å². The van der Waals surface area contributed by atoms with Gasteiger partial charge >= 0.3 is 0 Å². The molecule has 4 bridgehead atoms. The molecular weight excluding hydrogens is 386 g/mol. The van der Waals surface area contributed by atoms with Crippen molar-refractivity contribution in [2.24, 2.45) is 17.8 Å². The molecule has 1 N–H and O–H groups in total. The first-order valence-corrected chi connectivity index (χ1v) is 11.6. The van der Waals surface area contributed by atoms with Crippen molar-refractivity contribution in [3.63, 3.8) is 0 Å². The van der Waals surface area contributed by atoms with Crippen LogP contribution in [-0.2, 0) is 4.79 Å². The molecule has 4 aliphatic rings. The highest BCUT2D eigenvalue weighted by Gasteiger charge is 2.51. The van der Waals surface area contributed by atoms with Gasteiger partial charge in [0.05, 0.1) is 14.2 Å². The fourth-order valence-corrected chi connectivity index (χ4v) is 6.90. The Morgan fingerprint density at radius 1 is 0.839 bits per heavy atom. The third-order valence-electron chi connectivity index (χ3n) is 7.87. The summed E-state index contributed by atoms with van der Waals surface area (Å²) in [5, 5.41) is 3.55. The van der Waals surface area contributed by atoms with Gasteiger partial charge in [-0.15, -0.1) is 0 Å². The molecular formula is C27H33NO3. The predicted octanol–water partition coefficient (Wildman–Crippen LogP) is 5.31. The summed E-state index contributed by atoms with van der Waals surface area (Å²) in [6.45, 7) is 0. The van der Waals surface area contributed by atoms with Gasteiger partial charge in [0.1, 0.15) is 11.5 Å². The van der Waals surface area contributed by atoms with Crippen LogP contribution in [0.25, 0.3) is 0 Å². The van der Waals surface area contributed by atoms with Gasteiger partial charge in [0.2, 0.25) is 5.91 Å². The van der Waals surface area contributed by atoms with Crippen molar-refractivity contribution in [2.75, 3.05) is 14.2 Å². The highest BCUT2D eigenvalue weighted by molar-refractivity contribution is 5.78. The maximum absolute atomic E-state index is 13.4. The molecule has 4 fully saturated rings. The number of carbonyl (C=O) groups is 1. The van der Waals surface area contributed by atoms with Crippen molar-refractivity contribution in [1.82, 2.24) is 5.32 Å². The summed E-state index contributed by atoms with van der Waals surface area (Å²) in [6, 6.07) is 16.2. The van der Waals surface area contributed by atoms with Crippen molar-refractivity contribution >= 4 is 5.91 Å². The number of benzene rings is 2. The zero-order chi connectivity index (χ0) is 21.4. The summed E-state index contributed by atoms with van der Waals surface area (Å²) in [4.78, 5) is 13.4. The molecule has 4 heteroatoms. The van der Waals surface area contributed by atoms with E-state index in [0.29, 0.717) is 6.42 Å². The second-order valence-corrected chi connectivity index (χ2v) is 10.0. The molecule has 4 nitrogen and oxygen atoms in total. The van der Waals surface area contributed by atoms with Crippen molar-refractivity contribution in [3.8, 4) is 11.5 Å². The molecule has 164 valence electrons. The maximum atomic E-state index is 13.4. The summed E-state index contributed by atoms with van der Waals surface area (Å²) >= 11 is 0. The summed E-state index contributed by atoms with van der Waals surface area (Å²) in [6.07, 6.45) is 8.15. The van der Waals surface area contributed by atoms with E-state index in [1.807, 2.05) is 24.3 Å². The van der Waals surface area contributed by atoms with Gasteiger partial charge in [-0.25, -0.2) is 0 Å². The second kappa shape index (κ2) is 8.22. The van der Waals surface area contributed by atoms with E-state index in [9.17, 15) is 4.79 Å². The molecule has 0 radical (unpaired) electrons. The molecule has 0 aromatic heterocycles. The van der Waals surface area contributed by atoms with Crippen LogP contribution >= 0.6 is 0 Å². The number of amides is 1. The Morgan fingerprint density at radius 3 is 1.65 bits per heavy atom. The fraction of sp³-hybridized carbons (Fsp3) is 0.519. The lowest BCUT2D eigenvalue weighted by molar-refractivity contribution is -0.127. The minimum atomic E-state index is 0.00530. The highest BCUT2D eigenvalue weighted by atomic mass is 16.5. The summed E-state index contributed by atoms with van der Waals surface area (Å²) in [7, 11) is 3.35. The first-order chi connectivity index (χ1) is 15.1. The minimum Gasteiger partial charge on any atom is -0.497 e. The number of carbonyl (C=O) groups excluding carboxylic acids is 1. The largest absolute Gasteiger partial charge is 0.497 e. The number of hydrogen-bond donors (Lipinski definition) is 1. The molecule has 31 heavy (non-hydrogen) atoms. The Labute approximate surface area is 185 Å². The van der Waals surface area contributed by atoms with Gasteiger partial charge in [-0.2, -0.15) is 0 Å². The van der Waals surface area contributed by atoms with Crippen molar-refractivity contribution < 1.29 is 14.3 Å². The molecule has 2 aromatic carbocycles. The van der Waals surface area contributed by atoms with Gasteiger partial charge in [0, 0.05) is 17.9 Å². The smallest absolute Gasteiger partial charge is 0.221 e. The van der Waals surface area contributed by atoms with Crippen molar-refractivity contribution in [3.05, 3.63) is 59.7 Å². The van der Waals surface area contributed by atoms with E-state index in [4.69, 9.17) is 9.47 Å². The molecule has 4 aliphatic carbocycles. The quantitative estimate of drug-likeness (QED) is 0.661. The number of ether oxygens (including phenoxy) is 2. The van der Waals surface area contributed by atoms with Crippen LogP contribution in [-0.4, -0.2) is 25.7 Å². The molecule has 0 aliphatic heterocycles. The molecule has 6 rings (SSSR count). The van der Waals surface area contributed by atoms with E-state index in [1.54, 1.807) is 14.2 Å². The molecule has 0 unspecified atom stereocenters. The zero-order valence-corrected chi connectivity index (χ0v) is 18.6. The molecule has 4 saturated carbocycles. The van der Waals surface area contributed by atoms with Crippen LogP contribution in [0.5, 0.6) is 11.5 Å². The van der Waals surface area contributed by atoms with Crippen LogP contribution in [0, 0.1) is 17.8 Å².